The van der Waals surface area contributed by atoms with Gasteiger partial charge in [-0.3, -0.25) is 0 Å². The minimum Gasteiger partial charge on any atom is -0.446 e. The van der Waals surface area contributed by atoms with E-state index in [0.717, 1.165) is 50.4 Å². The summed E-state index contributed by atoms with van der Waals surface area (Å²) in [5.41, 5.74) is 2.73. The Morgan fingerprint density at radius 2 is 1.95 bits per heavy atom. The van der Waals surface area contributed by atoms with Gasteiger partial charge in [-0.25, -0.2) is 4.98 Å². The van der Waals surface area contributed by atoms with E-state index in [1.54, 1.807) is 0 Å². The number of benzene rings is 1. The van der Waals surface area contributed by atoms with Gasteiger partial charge in [-0.1, -0.05) is 31.2 Å². The van der Waals surface area contributed by atoms with Crippen LogP contribution in [0.2, 0.25) is 0 Å². The summed E-state index contributed by atoms with van der Waals surface area (Å²) in [5, 5.41) is 3.36. The lowest BCUT2D eigenvalue weighted by Gasteiger charge is -2.03. The van der Waals surface area contributed by atoms with Crippen molar-refractivity contribution in [2.75, 3.05) is 13.1 Å². The predicted molar refractivity (Wildman–Crippen MR) is 82.0 cm³/mol. The van der Waals surface area contributed by atoms with Gasteiger partial charge in [-0.05, 0) is 37.4 Å². The Morgan fingerprint density at radius 3 is 2.75 bits per heavy atom. The van der Waals surface area contributed by atoms with Gasteiger partial charge in [0, 0.05) is 19.4 Å². The zero-order valence-corrected chi connectivity index (χ0v) is 12.5. The topological polar surface area (TPSA) is 38.1 Å². The second-order valence-corrected chi connectivity index (χ2v) is 5.15. The molecule has 0 spiro atoms. The van der Waals surface area contributed by atoms with Crippen LogP contribution < -0.4 is 5.32 Å². The maximum atomic E-state index is 5.77. The molecule has 0 saturated carbocycles. The molecule has 0 aliphatic carbocycles. The number of hydrogen-bond acceptors (Lipinski definition) is 3. The van der Waals surface area contributed by atoms with Crippen molar-refractivity contribution in [2.24, 2.45) is 0 Å². The summed E-state index contributed by atoms with van der Waals surface area (Å²) >= 11 is 0. The number of nitrogens with one attached hydrogen (secondary N) is 1. The molecule has 1 heterocycles. The zero-order valence-electron chi connectivity index (χ0n) is 12.5. The molecule has 2 rings (SSSR count). The van der Waals surface area contributed by atoms with Crippen LogP contribution in [-0.4, -0.2) is 18.1 Å². The van der Waals surface area contributed by atoms with E-state index in [0.29, 0.717) is 0 Å². The van der Waals surface area contributed by atoms with Crippen LogP contribution in [0, 0.1) is 6.92 Å². The van der Waals surface area contributed by atoms with Crippen molar-refractivity contribution < 1.29 is 4.42 Å². The van der Waals surface area contributed by atoms with E-state index in [4.69, 9.17) is 4.42 Å². The maximum absolute atomic E-state index is 5.77. The molecule has 108 valence electrons. The van der Waals surface area contributed by atoms with Gasteiger partial charge in [0.1, 0.15) is 5.76 Å². The van der Waals surface area contributed by atoms with Crippen LogP contribution in [0.3, 0.4) is 0 Å². The lowest BCUT2D eigenvalue weighted by atomic mass is 10.0. The Kier molecular flexibility index (Phi) is 5.81. The van der Waals surface area contributed by atoms with E-state index in [9.17, 15) is 0 Å². The lowest BCUT2D eigenvalue weighted by Crippen LogP contribution is -2.17. The average molecular weight is 272 g/mol. The van der Waals surface area contributed by atoms with Crippen molar-refractivity contribution in [1.29, 1.82) is 0 Å². The number of aromatic nitrogens is 1. The quantitative estimate of drug-likeness (QED) is 0.749. The van der Waals surface area contributed by atoms with Crippen molar-refractivity contribution in [3.05, 3.63) is 53.2 Å². The van der Waals surface area contributed by atoms with Crippen molar-refractivity contribution >= 4 is 0 Å². The number of hydrogen-bond donors (Lipinski definition) is 1. The molecular weight excluding hydrogens is 248 g/mol. The van der Waals surface area contributed by atoms with Crippen LogP contribution in [0.5, 0.6) is 0 Å². The highest BCUT2D eigenvalue weighted by molar-refractivity contribution is 5.26. The molecule has 0 amide bonds. The molecule has 1 N–H and O–H groups in total. The number of rotatable bonds is 8. The summed E-state index contributed by atoms with van der Waals surface area (Å²) in [5.74, 6) is 1.83. The lowest BCUT2D eigenvalue weighted by molar-refractivity contribution is 0.448. The molecule has 0 aliphatic rings. The Hall–Kier alpha value is -1.61. The SMILES string of the molecule is CCCNCCc1ncc(CCc2ccccc2C)o1. The molecule has 0 saturated heterocycles. The Labute approximate surface area is 121 Å². The maximum Gasteiger partial charge on any atom is 0.195 e. The second-order valence-electron chi connectivity index (χ2n) is 5.15. The van der Waals surface area contributed by atoms with E-state index >= 15 is 0 Å². The summed E-state index contributed by atoms with van der Waals surface area (Å²) in [7, 11) is 0. The van der Waals surface area contributed by atoms with Gasteiger partial charge >= 0.3 is 0 Å². The molecule has 0 unspecified atom stereocenters. The van der Waals surface area contributed by atoms with Gasteiger partial charge < -0.3 is 9.73 Å². The second kappa shape index (κ2) is 7.85. The molecule has 0 bridgehead atoms. The highest BCUT2D eigenvalue weighted by atomic mass is 16.4. The van der Waals surface area contributed by atoms with Crippen LogP contribution in [0.1, 0.15) is 36.1 Å². The summed E-state index contributed by atoms with van der Waals surface area (Å²) in [4.78, 5) is 4.34. The highest BCUT2D eigenvalue weighted by Gasteiger charge is 2.05. The summed E-state index contributed by atoms with van der Waals surface area (Å²) < 4.78 is 5.77. The first-order valence-electron chi connectivity index (χ1n) is 7.48. The Bertz CT molecular complexity index is 519. The van der Waals surface area contributed by atoms with Crippen molar-refractivity contribution in [3.63, 3.8) is 0 Å². The van der Waals surface area contributed by atoms with Gasteiger partial charge in [0.25, 0.3) is 0 Å². The fourth-order valence-corrected chi connectivity index (χ4v) is 2.22. The third-order valence-electron chi connectivity index (χ3n) is 3.45. The largest absolute Gasteiger partial charge is 0.446 e. The first-order chi connectivity index (χ1) is 9.79. The van der Waals surface area contributed by atoms with Crippen LogP contribution in [0.4, 0.5) is 0 Å². The smallest absolute Gasteiger partial charge is 0.195 e. The molecule has 3 nitrogen and oxygen atoms in total. The first kappa shape index (κ1) is 14.8. The summed E-state index contributed by atoms with van der Waals surface area (Å²) in [6.07, 6.45) is 5.82. The Morgan fingerprint density at radius 1 is 1.10 bits per heavy atom. The number of nitrogens with zero attached hydrogens (tertiary/aromatic N) is 1. The fourth-order valence-electron chi connectivity index (χ4n) is 2.22. The molecule has 0 radical (unpaired) electrons. The molecular formula is C17H24N2O. The minimum atomic E-state index is 0.841. The molecule has 0 fully saturated rings. The fraction of sp³-hybridized carbons (Fsp3) is 0.471. The molecule has 1 aromatic carbocycles. The van der Waals surface area contributed by atoms with E-state index in [1.165, 1.54) is 11.1 Å². The van der Waals surface area contributed by atoms with E-state index < -0.39 is 0 Å². The molecule has 0 aliphatic heterocycles. The van der Waals surface area contributed by atoms with Gasteiger partial charge in [-0.2, -0.15) is 0 Å². The normalized spacial score (nSPS) is 10.9. The van der Waals surface area contributed by atoms with Crippen molar-refractivity contribution in [3.8, 4) is 0 Å². The van der Waals surface area contributed by atoms with Crippen LogP contribution >= 0.6 is 0 Å². The molecule has 20 heavy (non-hydrogen) atoms. The standard InChI is InChI=1S/C17H24N2O/c1-3-11-18-12-10-17-19-13-16(20-17)9-8-15-7-5-4-6-14(15)2/h4-7,13,18H,3,8-12H2,1-2H3. The van der Waals surface area contributed by atoms with Gasteiger partial charge in [0.2, 0.25) is 0 Å². The molecule has 1 aromatic heterocycles. The monoisotopic (exact) mass is 272 g/mol. The Balaban J connectivity index is 1.79. The zero-order chi connectivity index (χ0) is 14.2. The van der Waals surface area contributed by atoms with Crippen molar-refractivity contribution in [2.45, 2.75) is 39.5 Å². The number of oxazole rings is 1. The average Bonchev–Trinajstić information content (AvgIpc) is 2.91. The van der Waals surface area contributed by atoms with Crippen LogP contribution in [0.25, 0.3) is 0 Å². The predicted octanol–water partition coefficient (Wildman–Crippen LogP) is 3.31. The van der Waals surface area contributed by atoms with Crippen molar-refractivity contribution in [1.82, 2.24) is 10.3 Å². The third-order valence-corrected chi connectivity index (χ3v) is 3.45. The summed E-state index contributed by atoms with van der Waals surface area (Å²) in [6, 6.07) is 8.50. The van der Waals surface area contributed by atoms with E-state index in [2.05, 4.69) is 48.4 Å². The molecule has 3 heteroatoms. The van der Waals surface area contributed by atoms with Gasteiger partial charge in [0.15, 0.2) is 5.89 Å². The molecule has 2 aromatic rings. The molecule has 0 atom stereocenters. The third kappa shape index (κ3) is 4.49. The van der Waals surface area contributed by atoms with Gasteiger partial charge in [0.05, 0.1) is 6.20 Å². The highest BCUT2D eigenvalue weighted by Crippen LogP contribution is 2.12. The van der Waals surface area contributed by atoms with E-state index in [-0.39, 0.29) is 0 Å². The minimum absolute atomic E-state index is 0.841. The van der Waals surface area contributed by atoms with Gasteiger partial charge in [-0.15, -0.1) is 0 Å². The summed E-state index contributed by atoms with van der Waals surface area (Å²) in [6.45, 7) is 6.31. The van der Waals surface area contributed by atoms with E-state index in [1.807, 2.05) is 6.20 Å². The number of aryl methyl sites for hydroxylation is 3. The van der Waals surface area contributed by atoms with Crippen LogP contribution in [0.15, 0.2) is 34.9 Å². The first-order valence-corrected chi connectivity index (χ1v) is 7.48. The van der Waals surface area contributed by atoms with Crippen LogP contribution in [-0.2, 0) is 19.3 Å².